The maximum absolute atomic E-state index is 12.6. The molecule has 4 rings (SSSR count). The van der Waals surface area contributed by atoms with Crippen molar-refractivity contribution in [2.75, 3.05) is 31.6 Å². The summed E-state index contributed by atoms with van der Waals surface area (Å²) in [6.45, 7) is 2.74. The fourth-order valence-electron chi connectivity index (χ4n) is 4.40. The van der Waals surface area contributed by atoms with E-state index in [9.17, 15) is 9.59 Å². The van der Waals surface area contributed by atoms with E-state index in [1.165, 1.54) is 0 Å². The molecule has 2 aliphatic heterocycles. The van der Waals surface area contributed by atoms with Gasteiger partial charge in [0.2, 0.25) is 11.8 Å². The van der Waals surface area contributed by atoms with E-state index in [1.54, 1.807) is 0 Å². The summed E-state index contributed by atoms with van der Waals surface area (Å²) in [5.74, 6) is 2.43. The smallest absolute Gasteiger partial charge is 0.226 e. The van der Waals surface area contributed by atoms with Gasteiger partial charge in [-0.2, -0.15) is 0 Å². The number of carbonyl (C=O) groups excluding carboxylic acids is 2. The zero-order chi connectivity index (χ0) is 20.1. The Morgan fingerprint density at radius 1 is 1.03 bits per heavy atom. The number of anilines is 1. The van der Waals surface area contributed by atoms with Crippen molar-refractivity contribution < 1.29 is 19.1 Å². The third-order valence-electron chi connectivity index (χ3n) is 6.15. The molecule has 2 amide bonds. The molecule has 29 heavy (non-hydrogen) atoms. The predicted molar refractivity (Wildman–Crippen MR) is 111 cm³/mol. The van der Waals surface area contributed by atoms with Gasteiger partial charge >= 0.3 is 0 Å². The lowest BCUT2D eigenvalue weighted by Crippen LogP contribution is -2.42. The van der Waals surface area contributed by atoms with Crippen LogP contribution in [0.3, 0.4) is 0 Å². The fourth-order valence-corrected chi connectivity index (χ4v) is 4.40. The number of rotatable bonds is 5. The first-order valence-electron chi connectivity index (χ1n) is 10.8. The van der Waals surface area contributed by atoms with E-state index in [-0.39, 0.29) is 11.8 Å². The largest absolute Gasteiger partial charge is 0.486 e. The number of hydrogen-bond acceptors (Lipinski definition) is 4. The van der Waals surface area contributed by atoms with Gasteiger partial charge in [-0.15, -0.1) is 0 Å². The molecule has 1 aromatic carbocycles. The molecule has 1 saturated heterocycles. The third kappa shape index (κ3) is 5.11. The summed E-state index contributed by atoms with van der Waals surface area (Å²) in [4.78, 5) is 27.0. The van der Waals surface area contributed by atoms with Gasteiger partial charge in [-0.1, -0.05) is 12.2 Å². The molecule has 0 saturated carbocycles. The van der Waals surface area contributed by atoms with Crippen molar-refractivity contribution in [1.82, 2.24) is 4.90 Å². The molecule has 2 heterocycles. The van der Waals surface area contributed by atoms with Gasteiger partial charge in [0.1, 0.15) is 13.2 Å². The molecule has 0 spiro atoms. The number of piperidine rings is 1. The van der Waals surface area contributed by atoms with E-state index >= 15 is 0 Å². The van der Waals surface area contributed by atoms with E-state index in [4.69, 9.17) is 9.47 Å². The summed E-state index contributed by atoms with van der Waals surface area (Å²) in [6.07, 6.45) is 10.5. The van der Waals surface area contributed by atoms with Crippen LogP contribution < -0.4 is 14.8 Å². The minimum Gasteiger partial charge on any atom is -0.486 e. The molecule has 0 unspecified atom stereocenters. The highest BCUT2D eigenvalue weighted by Crippen LogP contribution is 2.33. The van der Waals surface area contributed by atoms with Gasteiger partial charge in [-0.3, -0.25) is 9.59 Å². The van der Waals surface area contributed by atoms with E-state index in [2.05, 4.69) is 17.5 Å². The van der Waals surface area contributed by atoms with Crippen LogP contribution in [-0.2, 0) is 9.59 Å². The highest BCUT2D eigenvalue weighted by molar-refractivity contribution is 5.91. The summed E-state index contributed by atoms with van der Waals surface area (Å²) in [6, 6.07) is 5.49. The minimum atomic E-state index is 0.0224. The topological polar surface area (TPSA) is 67.9 Å². The standard InChI is InChI=1S/C23H30N2O4/c26-22(24-19-7-8-20-21(16-19)29-15-14-28-20)9-6-17-10-12-25(13-11-17)23(27)18-4-2-1-3-5-18/h1-2,7-8,16-18H,3-6,9-15H2,(H,24,26)/t18-/m0/s1. The van der Waals surface area contributed by atoms with E-state index in [1.807, 2.05) is 23.1 Å². The van der Waals surface area contributed by atoms with Gasteiger partial charge < -0.3 is 19.7 Å². The summed E-state index contributed by atoms with van der Waals surface area (Å²) < 4.78 is 11.1. The number of fused-ring (bicyclic) bond motifs is 1. The quantitative estimate of drug-likeness (QED) is 0.767. The second kappa shape index (κ2) is 9.33. The van der Waals surface area contributed by atoms with Crippen LogP contribution >= 0.6 is 0 Å². The summed E-state index contributed by atoms with van der Waals surface area (Å²) in [5.41, 5.74) is 0.737. The Hall–Kier alpha value is -2.50. The fraction of sp³-hybridized carbons (Fsp3) is 0.565. The van der Waals surface area contributed by atoms with Crippen molar-refractivity contribution in [3.8, 4) is 11.5 Å². The average Bonchev–Trinajstić information content (AvgIpc) is 2.78. The van der Waals surface area contributed by atoms with Crippen LogP contribution in [0.2, 0.25) is 0 Å². The average molecular weight is 399 g/mol. The molecule has 1 aromatic rings. The zero-order valence-corrected chi connectivity index (χ0v) is 16.9. The molecule has 0 bridgehead atoms. The molecule has 3 aliphatic rings. The zero-order valence-electron chi connectivity index (χ0n) is 16.9. The Bertz CT molecular complexity index is 768. The van der Waals surface area contributed by atoms with Crippen LogP contribution in [0.1, 0.15) is 44.9 Å². The first-order valence-corrected chi connectivity index (χ1v) is 10.8. The summed E-state index contributed by atoms with van der Waals surface area (Å²) in [5, 5.41) is 2.96. The van der Waals surface area contributed by atoms with Crippen LogP contribution in [-0.4, -0.2) is 43.0 Å². The molecule has 1 fully saturated rings. The molecule has 0 aromatic heterocycles. The number of carbonyl (C=O) groups is 2. The number of hydrogen-bond donors (Lipinski definition) is 1. The lowest BCUT2D eigenvalue weighted by molar-refractivity contribution is -0.137. The lowest BCUT2D eigenvalue weighted by atomic mass is 9.89. The molecule has 1 atom stereocenters. The van der Waals surface area contributed by atoms with Crippen LogP contribution in [0.4, 0.5) is 5.69 Å². The number of ether oxygens (including phenoxy) is 2. The molecule has 156 valence electrons. The second-order valence-electron chi connectivity index (χ2n) is 8.20. The third-order valence-corrected chi connectivity index (χ3v) is 6.15. The summed E-state index contributed by atoms with van der Waals surface area (Å²) in [7, 11) is 0. The van der Waals surface area contributed by atoms with Crippen molar-refractivity contribution in [3.63, 3.8) is 0 Å². The number of amides is 2. The first kappa shape index (κ1) is 19.8. The van der Waals surface area contributed by atoms with Crippen molar-refractivity contribution in [1.29, 1.82) is 0 Å². The number of allylic oxidation sites excluding steroid dienone is 2. The maximum Gasteiger partial charge on any atom is 0.226 e. The Balaban J connectivity index is 1.19. The highest BCUT2D eigenvalue weighted by atomic mass is 16.6. The minimum absolute atomic E-state index is 0.0224. The Morgan fingerprint density at radius 2 is 1.83 bits per heavy atom. The molecule has 0 radical (unpaired) electrons. The van der Waals surface area contributed by atoms with Gasteiger partial charge in [0, 0.05) is 37.2 Å². The van der Waals surface area contributed by atoms with Crippen molar-refractivity contribution in [2.24, 2.45) is 11.8 Å². The maximum atomic E-state index is 12.6. The SMILES string of the molecule is O=C(CCC1CCN(C(=O)[C@H]2CC=CCC2)CC1)Nc1ccc2c(c1)OCCO2. The normalized spacial score (nSPS) is 21.7. The predicted octanol–water partition coefficient (Wildman–Crippen LogP) is 3.77. The molecule has 6 heteroatoms. The van der Waals surface area contributed by atoms with Crippen molar-refractivity contribution in [2.45, 2.75) is 44.9 Å². The molecular formula is C23H30N2O4. The summed E-state index contributed by atoms with van der Waals surface area (Å²) >= 11 is 0. The second-order valence-corrected chi connectivity index (χ2v) is 8.20. The van der Waals surface area contributed by atoms with Gasteiger partial charge in [0.05, 0.1) is 0 Å². The van der Waals surface area contributed by atoms with Gasteiger partial charge in [-0.05, 0) is 56.6 Å². The van der Waals surface area contributed by atoms with Crippen LogP contribution in [0.25, 0.3) is 0 Å². The lowest BCUT2D eigenvalue weighted by Gasteiger charge is -2.34. The van der Waals surface area contributed by atoms with Crippen LogP contribution in [0.15, 0.2) is 30.4 Å². The number of benzene rings is 1. The Kier molecular flexibility index (Phi) is 6.37. The van der Waals surface area contributed by atoms with Crippen molar-refractivity contribution in [3.05, 3.63) is 30.4 Å². The Morgan fingerprint density at radius 3 is 2.59 bits per heavy atom. The van der Waals surface area contributed by atoms with E-state index in [0.717, 1.165) is 63.1 Å². The van der Waals surface area contributed by atoms with E-state index < -0.39 is 0 Å². The monoisotopic (exact) mass is 398 g/mol. The molecule has 1 N–H and O–H groups in total. The number of nitrogens with zero attached hydrogens (tertiary/aromatic N) is 1. The van der Waals surface area contributed by atoms with Gasteiger partial charge in [-0.25, -0.2) is 0 Å². The number of nitrogens with one attached hydrogen (secondary N) is 1. The number of likely N-dealkylation sites (tertiary alicyclic amines) is 1. The molecular weight excluding hydrogens is 368 g/mol. The van der Waals surface area contributed by atoms with Crippen LogP contribution in [0, 0.1) is 11.8 Å². The first-order chi connectivity index (χ1) is 14.2. The van der Waals surface area contributed by atoms with Gasteiger partial charge in [0.25, 0.3) is 0 Å². The van der Waals surface area contributed by atoms with Crippen molar-refractivity contribution >= 4 is 17.5 Å². The highest BCUT2D eigenvalue weighted by Gasteiger charge is 2.28. The molecule has 1 aliphatic carbocycles. The van der Waals surface area contributed by atoms with E-state index in [0.29, 0.717) is 37.2 Å². The molecule has 6 nitrogen and oxygen atoms in total. The van der Waals surface area contributed by atoms with Crippen LogP contribution in [0.5, 0.6) is 11.5 Å². The Labute approximate surface area is 172 Å². The van der Waals surface area contributed by atoms with Gasteiger partial charge in [0.15, 0.2) is 11.5 Å².